The van der Waals surface area contributed by atoms with Crippen molar-refractivity contribution in [1.29, 1.82) is 0 Å². The van der Waals surface area contributed by atoms with Crippen LogP contribution in [0.1, 0.15) is 6.42 Å². The number of hydrogen-bond acceptors (Lipinski definition) is 3. The predicted molar refractivity (Wildman–Crippen MR) is 47.5 cm³/mol. The minimum absolute atomic E-state index is 0.0983. The smallest absolute Gasteiger partial charge is 0.281 e. The van der Waals surface area contributed by atoms with E-state index < -0.39 is 10.2 Å². The number of fused-ring (bicyclic) bond motifs is 1. The summed E-state index contributed by atoms with van der Waals surface area (Å²) >= 11 is 0. The first-order valence-corrected chi connectivity index (χ1v) is 5.74. The van der Waals surface area contributed by atoms with Crippen LogP contribution in [-0.4, -0.2) is 56.4 Å². The third-order valence-corrected chi connectivity index (χ3v) is 4.44. The molecule has 1 aliphatic carbocycles. The standard InChI is InChI=1S/C7H14N2O3S/c1-8(2)13(10,11)9-3-4-12-7-5-6(7)9/h6-7H,3-5H2,1-2H3. The Bertz CT molecular complexity index is 301. The van der Waals surface area contributed by atoms with Gasteiger partial charge < -0.3 is 4.74 Å². The molecule has 0 aromatic rings. The van der Waals surface area contributed by atoms with E-state index in [0.29, 0.717) is 13.2 Å². The highest BCUT2D eigenvalue weighted by Gasteiger charge is 2.50. The molecule has 0 amide bonds. The number of nitrogens with zero attached hydrogens (tertiary/aromatic N) is 2. The minimum atomic E-state index is -3.22. The fourth-order valence-electron chi connectivity index (χ4n) is 1.60. The van der Waals surface area contributed by atoms with E-state index in [1.165, 1.54) is 4.31 Å². The fourth-order valence-corrected chi connectivity index (χ4v) is 2.89. The van der Waals surface area contributed by atoms with Gasteiger partial charge in [-0.1, -0.05) is 0 Å². The van der Waals surface area contributed by atoms with Crippen molar-refractivity contribution < 1.29 is 13.2 Å². The molecule has 0 bridgehead atoms. The van der Waals surface area contributed by atoms with Gasteiger partial charge in [0.05, 0.1) is 18.8 Å². The Kier molecular flexibility index (Phi) is 2.10. The van der Waals surface area contributed by atoms with Gasteiger partial charge in [-0.3, -0.25) is 0 Å². The van der Waals surface area contributed by atoms with Crippen LogP contribution < -0.4 is 0 Å². The Morgan fingerprint density at radius 2 is 2.15 bits per heavy atom. The SMILES string of the molecule is CN(C)S(=O)(=O)N1CCOC2CC21. The van der Waals surface area contributed by atoms with Crippen LogP contribution >= 0.6 is 0 Å². The first kappa shape index (κ1) is 9.39. The maximum absolute atomic E-state index is 11.7. The van der Waals surface area contributed by atoms with E-state index in [1.54, 1.807) is 18.4 Å². The average Bonchev–Trinajstić information content (AvgIpc) is 2.80. The van der Waals surface area contributed by atoms with Gasteiger partial charge in [0, 0.05) is 20.6 Å². The fraction of sp³-hybridized carbons (Fsp3) is 1.00. The zero-order valence-electron chi connectivity index (χ0n) is 7.80. The molecule has 1 heterocycles. The van der Waals surface area contributed by atoms with Gasteiger partial charge in [0.2, 0.25) is 0 Å². The van der Waals surface area contributed by atoms with Gasteiger partial charge in [-0.05, 0) is 6.42 Å². The lowest BCUT2D eigenvalue weighted by Gasteiger charge is -2.28. The van der Waals surface area contributed by atoms with Crippen LogP contribution in [0.25, 0.3) is 0 Å². The molecule has 2 rings (SSSR count). The van der Waals surface area contributed by atoms with Crippen molar-refractivity contribution >= 4 is 10.2 Å². The highest BCUT2D eigenvalue weighted by atomic mass is 32.2. The van der Waals surface area contributed by atoms with Crippen LogP contribution in [0.4, 0.5) is 0 Å². The van der Waals surface area contributed by atoms with Crippen molar-refractivity contribution in [2.75, 3.05) is 27.2 Å². The Morgan fingerprint density at radius 1 is 1.46 bits per heavy atom. The number of rotatable bonds is 2. The van der Waals surface area contributed by atoms with Gasteiger partial charge >= 0.3 is 0 Å². The Hall–Kier alpha value is -0.170. The highest BCUT2D eigenvalue weighted by molar-refractivity contribution is 7.86. The van der Waals surface area contributed by atoms with E-state index in [9.17, 15) is 8.42 Å². The molecule has 2 unspecified atom stereocenters. The van der Waals surface area contributed by atoms with Crippen molar-refractivity contribution in [3.63, 3.8) is 0 Å². The number of hydrogen-bond donors (Lipinski definition) is 0. The molecule has 1 aliphatic heterocycles. The lowest BCUT2D eigenvalue weighted by atomic mass is 10.5. The van der Waals surface area contributed by atoms with Crippen LogP contribution in [0.5, 0.6) is 0 Å². The van der Waals surface area contributed by atoms with Crippen molar-refractivity contribution in [1.82, 2.24) is 8.61 Å². The van der Waals surface area contributed by atoms with Crippen molar-refractivity contribution in [2.45, 2.75) is 18.6 Å². The molecule has 2 aliphatic rings. The average molecular weight is 206 g/mol. The molecule has 2 atom stereocenters. The lowest BCUT2D eigenvalue weighted by Crippen LogP contribution is -2.46. The van der Waals surface area contributed by atoms with Gasteiger partial charge in [-0.2, -0.15) is 17.0 Å². The largest absolute Gasteiger partial charge is 0.375 e. The summed E-state index contributed by atoms with van der Waals surface area (Å²) in [5.74, 6) is 0. The number of morpholine rings is 1. The summed E-state index contributed by atoms with van der Waals surface area (Å²) in [4.78, 5) is 0. The van der Waals surface area contributed by atoms with Crippen molar-refractivity contribution in [3.05, 3.63) is 0 Å². The second-order valence-electron chi connectivity index (χ2n) is 3.61. The zero-order chi connectivity index (χ0) is 9.64. The molecule has 76 valence electrons. The lowest BCUT2D eigenvalue weighted by molar-refractivity contribution is 0.0607. The van der Waals surface area contributed by atoms with Gasteiger partial charge in [-0.15, -0.1) is 0 Å². The third kappa shape index (κ3) is 1.48. The Balaban J connectivity index is 2.16. The van der Waals surface area contributed by atoms with E-state index in [1.807, 2.05) is 0 Å². The normalized spacial score (nSPS) is 34.7. The topological polar surface area (TPSA) is 49.9 Å². The molecule has 5 nitrogen and oxygen atoms in total. The highest BCUT2D eigenvalue weighted by Crippen LogP contribution is 2.36. The van der Waals surface area contributed by atoms with Gasteiger partial charge in [0.15, 0.2) is 0 Å². The molecule has 2 fully saturated rings. The minimum Gasteiger partial charge on any atom is -0.375 e. The summed E-state index contributed by atoms with van der Waals surface area (Å²) in [5.41, 5.74) is 0. The molecule has 1 saturated heterocycles. The summed E-state index contributed by atoms with van der Waals surface area (Å²) in [6.45, 7) is 1.01. The van der Waals surface area contributed by atoms with Gasteiger partial charge in [0.25, 0.3) is 10.2 Å². The van der Waals surface area contributed by atoms with E-state index in [-0.39, 0.29) is 12.1 Å². The molecular formula is C7H14N2O3S. The molecule has 13 heavy (non-hydrogen) atoms. The summed E-state index contributed by atoms with van der Waals surface area (Å²) < 4.78 is 31.6. The van der Waals surface area contributed by atoms with Crippen LogP contribution in [0.2, 0.25) is 0 Å². The zero-order valence-corrected chi connectivity index (χ0v) is 8.62. The Labute approximate surface area is 78.4 Å². The monoisotopic (exact) mass is 206 g/mol. The summed E-state index contributed by atoms with van der Waals surface area (Å²) in [5, 5.41) is 0. The second kappa shape index (κ2) is 2.91. The van der Waals surface area contributed by atoms with E-state index in [4.69, 9.17) is 4.74 Å². The van der Waals surface area contributed by atoms with Crippen molar-refractivity contribution in [3.8, 4) is 0 Å². The molecular weight excluding hydrogens is 192 g/mol. The summed E-state index contributed by atoms with van der Waals surface area (Å²) in [6, 6.07) is 0.0983. The maximum atomic E-state index is 11.7. The van der Waals surface area contributed by atoms with Crippen molar-refractivity contribution in [2.24, 2.45) is 0 Å². The summed E-state index contributed by atoms with van der Waals surface area (Å²) in [6.07, 6.45) is 1.01. The van der Waals surface area contributed by atoms with E-state index in [2.05, 4.69) is 0 Å². The maximum Gasteiger partial charge on any atom is 0.281 e. The van der Waals surface area contributed by atoms with E-state index in [0.717, 1.165) is 6.42 Å². The van der Waals surface area contributed by atoms with E-state index >= 15 is 0 Å². The molecule has 0 spiro atoms. The summed E-state index contributed by atoms with van der Waals surface area (Å²) in [7, 11) is -0.105. The van der Waals surface area contributed by atoms with Crippen LogP contribution in [0.3, 0.4) is 0 Å². The molecule has 1 saturated carbocycles. The first-order chi connectivity index (χ1) is 6.03. The van der Waals surface area contributed by atoms with Gasteiger partial charge in [-0.25, -0.2) is 0 Å². The molecule has 6 heteroatoms. The molecule has 0 aromatic heterocycles. The van der Waals surface area contributed by atoms with Crippen LogP contribution in [-0.2, 0) is 14.9 Å². The van der Waals surface area contributed by atoms with Crippen LogP contribution in [0.15, 0.2) is 0 Å². The van der Waals surface area contributed by atoms with Crippen LogP contribution in [0, 0.1) is 0 Å². The molecule has 0 aromatic carbocycles. The van der Waals surface area contributed by atoms with Gasteiger partial charge in [0.1, 0.15) is 0 Å². The molecule has 0 N–H and O–H groups in total. The first-order valence-electron chi connectivity index (χ1n) is 4.34. The second-order valence-corrected chi connectivity index (χ2v) is 5.71. The number of ether oxygens (including phenoxy) is 1. The Morgan fingerprint density at radius 3 is 2.77 bits per heavy atom. The predicted octanol–water partition coefficient (Wildman–Crippen LogP) is -0.734. The molecule has 0 radical (unpaired) electrons. The third-order valence-electron chi connectivity index (χ3n) is 2.47. The quantitative estimate of drug-likeness (QED) is 0.598.